The molecule has 0 aliphatic heterocycles. The number of hydrogen-bond donors (Lipinski definition) is 1. The van der Waals surface area contributed by atoms with Gasteiger partial charge in [0, 0.05) is 12.6 Å². The minimum absolute atomic E-state index is 0.141. The SMILES string of the molecule is CNC(c1cccc(C(F)(F)F)c1F)c1c(Cl)cnn1C. The van der Waals surface area contributed by atoms with Gasteiger partial charge in [-0.05, 0) is 13.1 Å². The molecule has 3 nitrogen and oxygen atoms in total. The molecule has 8 heteroatoms. The van der Waals surface area contributed by atoms with Crippen molar-refractivity contribution >= 4 is 11.6 Å². The fraction of sp³-hybridized carbons (Fsp3) is 0.308. The summed E-state index contributed by atoms with van der Waals surface area (Å²) in [6.45, 7) is 0. The van der Waals surface area contributed by atoms with E-state index in [9.17, 15) is 17.6 Å². The highest BCUT2D eigenvalue weighted by molar-refractivity contribution is 6.31. The lowest BCUT2D eigenvalue weighted by Gasteiger charge is -2.20. The first-order valence-corrected chi connectivity index (χ1v) is 6.35. The second kappa shape index (κ2) is 5.65. The van der Waals surface area contributed by atoms with E-state index in [2.05, 4.69) is 10.4 Å². The summed E-state index contributed by atoms with van der Waals surface area (Å²) >= 11 is 5.98. The molecule has 0 amide bonds. The Kier molecular flexibility index (Phi) is 4.25. The molecule has 0 fully saturated rings. The van der Waals surface area contributed by atoms with Crippen LogP contribution in [0.2, 0.25) is 5.02 Å². The predicted octanol–water partition coefficient (Wildman–Crippen LogP) is 3.54. The van der Waals surface area contributed by atoms with Crippen LogP contribution in [0.15, 0.2) is 24.4 Å². The maximum atomic E-state index is 14.2. The van der Waals surface area contributed by atoms with Crippen molar-refractivity contribution in [3.63, 3.8) is 0 Å². The molecule has 0 spiro atoms. The van der Waals surface area contributed by atoms with Crippen LogP contribution in [0.5, 0.6) is 0 Å². The van der Waals surface area contributed by atoms with Crippen LogP contribution >= 0.6 is 11.6 Å². The third kappa shape index (κ3) is 2.89. The van der Waals surface area contributed by atoms with Gasteiger partial charge in [-0.25, -0.2) is 4.39 Å². The normalized spacial score (nSPS) is 13.5. The Morgan fingerprint density at radius 1 is 1.33 bits per heavy atom. The highest BCUT2D eigenvalue weighted by Crippen LogP contribution is 2.36. The smallest absolute Gasteiger partial charge is 0.308 e. The third-order valence-electron chi connectivity index (χ3n) is 3.14. The van der Waals surface area contributed by atoms with E-state index in [0.29, 0.717) is 11.8 Å². The van der Waals surface area contributed by atoms with Gasteiger partial charge in [0.15, 0.2) is 0 Å². The molecule has 1 unspecified atom stereocenters. The number of aromatic nitrogens is 2. The standard InChI is InChI=1S/C13H12ClF4N3/c1-19-11(12-9(14)6-20-21(12)2)7-4-3-5-8(10(7)15)13(16,17)18/h3-6,11,19H,1-2H3. The van der Waals surface area contributed by atoms with Gasteiger partial charge in [-0.15, -0.1) is 0 Å². The van der Waals surface area contributed by atoms with Crippen molar-refractivity contribution in [2.45, 2.75) is 12.2 Å². The van der Waals surface area contributed by atoms with Gasteiger partial charge in [0.05, 0.1) is 28.5 Å². The molecule has 0 saturated carbocycles. The first-order chi connectivity index (χ1) is 9.77. The van der Waals surface area contributed by atoms with E-state index in [1.807, 2.05) is 0 Å². The lowest BCUT2D eigenvalue weighted by atomic mass is 10.00. The number of aryl methyl sites for hydroxylation is 1. The van der Waals surface area contributed by atoms with Gasteiger partial charge < -0.3 is 5.32 Å². The van der Waals surface area contributed by atoms with Gasteiger partial charge in [0.25, 0.3) is 0 Å². The Hall–Kier alpha value is -1.60. The topological polar surface area (TPSA) is 29.9 Å². The van der Waals surface area contributed by atoms with E-state index < -0.39 is 23.6 Å². The Morgan fingerprint density at radius 3 is 2.48 bits per heavy atom. The summed E-state index contributed by atoms with van der Waals surface area (Å²) < 4.78 is 54.0. The van der Waals surface area contributed by atoms with Crippen molar-refractivity contribution < 1.29 is 17.6 Å². The average Bonchev–Trinajstić information content (AvgIpc) is 2.72. The van der Waals surface area contributed by atoms with Gasteiger partial charge in [0.1, 0.15) is 5.82 Å². The molecule has 1 N–H and O–H groups in total. The van der Waals surface area contributed by atoms with Crippen LogP contribution in [0.1, 0.15) is 22.9 Å². The van der Waals surface area contributed by atoms with Gasteiger partial charge in [-0.3, -0.25) is 4.68 Å². The number of nitrogens with one attached hydrogen (secondary N) is 1. The van der Waals surface area contributed by atoms with E-state index in [1.54, 1.807) is 7.05 Å². The van der Waals surface area contributed by atoms with Crippen molar-refractivity contribution in [3.05, 3.63) is 52.1 Å². The zero-order chi connectivity index (χ0) is 15.8. The molecule has 0 radical (unpaired) electrons. The molecule has 1 heterocycles. The molecule has 1 aromatic heterocycles. The van der Waals surface area contributed by atoms with Crippen LogP contribution in [0, 0.1) is 5.82 Å². The Balaban J connectivity index is 2.59. The molecule has 1 atom stereocenters. The highest BCUT2D eigenvalue weighted by Gasteiger charge is 2.36. The first kappa shape index (κ1) is 15.8. The van der Waals surface area contributed by atoms with Gasteiger partial charge in [-0.1, -0.05) is 23.7 Å². The number of alkyl halides is 3. The molecular weight excluding hydrogens is 310 g/mol. The van der Waals surface area contributed by atoms with Crippen molar-refractivity contribution in [3.8, 4) is 0 Å². The van der Waals surface area contributed by atoms with Crippen molar-refractivity contribution in [1.82, 2.24) is 15.1 Å². The van der Waals surface area contributed by atoms with Crippen LogP contribution in [0.3, 0.4) is 0 Å². The second-order valence-corrected chi connectivity index (χ2v) is 4.84. The number of nitrogens with zero attached hydrogens (tertiary/aromatic N) is 2. The summed E-state index contributed by atoms with van der Waals surface area (Å²) in [6.07, 6.45) is -3.40. The van der Waals surface area contributed by atoms with Gasteiger partial charge >= 0.3 is 6.18 Å². The molecule has 21 heavy (non-hydrogen) atoms. The summed E-state index contributed by atoms with van der Waals surface area (Å²) in [5.41, 5.74) is -1.06. The molecule has 114 valence electrons. The second-order valence-electron chi connectivity index (χ2n) is 4.43. The van der Waals surface area contributed by atoms with Gasteiger partial charge in [-0.2, -0.15) is 18.3 Å². The van der Waals surface area contributed by atoms with E-state index in [0.717, 1.165) is 6.07 Å². The maximum Gasteiger partial charge on any atom is 0.419 e. The zero-order valence-electron chi connectivity index (χ0n) is 11.2. The number of rotatable bonds is 3. The molecular formula is C13H12ClF4N3. The maximum absolute atomic E-state index is 14.2. The molecule has 0 aliphatic carbocycles. The number of halogens is 5. The minimum atomic E-state index is -4.76. The average molecular weight is 322 g/mol. The molecule has 2 aromatic rings. The fourth-order valence-electron chi connectivity index (χ4n) is 2.18. The summed E-state index contributed by atoms with van der Waals surface area (Å²) in [5, 5.41) is 6.92. The molecule has 0 aliphatic rings. The van der Waals surface area contributed by atoms with Crippen molar-refractivity contribution in [1.29, 1.82) is 0 Å². The van der Waals surface area contributed by atoms with E-state index in [1.165, 1.54) is 24.0 Å². The third-order valence-corrected chi connectivity index (χ3v) is 3.44. The van der Waals surface area contributed by atoms with Crippen LogP contribution in [0.25, 0.3) is 0 Å². The molecule has 1 aromatic carbocycles. The Labute approximate surface area is 123 Å². The summed E-state index contributed by atoms with van der Waals surface area (Å²) in [7, 11) is 3.09. The fourth-order valence-corrected chi connectivity index (χ4v) is 2.45. The highest BCUT2D eigenvalue weighted by atomic mass is 35.5. The van der Waals surface area contributed by atoms with E-state index in [-0.39, 0.29) is 10.6 Å². The summed E-state index contributed by atoms with van der Waals surface area (Å²) in [4.78, 5) is 0. The zero-order valence-corrected chi connectivity index (χ0v) is 11.9. The van der Waals surface area contributed by atoms with Crippen LogP contribution < -0.4 is 5.32 Å². The van der Waals surface area contributed by atoms with Crippen molar-refractivity contribution in [2.75, 3.05) is 7.05 Å². The Bertz CT molecular complexity index is 632. The van der Waals surface area contributed by atoms with E-state index in [4.69, 9.17) is 11.6 Å². The first-order valence-electron chi connectivity index (χ1n) is 5.97. The summed E-state index contributed by atoms with van der Waals surface area (Å²) in [6, 6.07) is 2.31. The molecule has 0 saturated heterocycles. The lowest BCUT2D eigenvalue weighted by molar-refractivity contribution is -0.140. The number of benzene rings is 1. The lowest BCUT2D eigenvalue weighted by Crippen LogP contribution is -2.23. The number of hydrogen-bond acceptors (Lipinski definition) is 2. The van der Waals surface area contributed by atoms with Crippen LogP contribution in [0.4, 0.5) is 17.6 Å². The predicted molar refractivity (Wildman–Crippen MR) is 70.5 cm³/mol. The van der Waals surface area contributed by atoms with Crippen LogP contribution in [-0.4, -0.2) is 16.8 Å². The molecule has 2 rings (SSSR count). The monoisotopic (exact) mass is 321 g/mol. The quantitative estimate of drug-likeness (QED) is 0.876. The largest absolute Gasteiger partial charge is 0.419 e. The Morgan fingerprint density at radius 2 is 2.00 bits per heavy atom. The van der Waals surface area contributed by atoms with Crippen molar-refractivity contribution in [2.24, 2.45) is 7.05 Å². The van der Waals surface area contributed by atoms with Gasteiger partial charge in [0.2, 0.25) is 0 Å². The minimum Gasteiger partial charge on any atom is -0.308 e. The van der Waals surface area contributed by atoms with Crippen LogP contribution in [-0.2, 0) is 13.2 Å². The molecule has 0 bridgehead atoms. The van der Waals surface area contributed by atoms with E-state index >= 15 is 0 Å². The summed E-state index contributed by atoms with van der Waals surface area (Å²) in [5.74, 6) is -1.32.